The van der Waals surface area contributed by atoms with Crippen molar-refractivity contribution in [3.8, 4) is 11.8 Å². The molecule has 1 aromatic rings. The van der Waals surface area contributed by atoms with Crippen molar-refractivity contribution in [2.75, 3.05) is 10.6 Å². The van der Waals surface area contributed by atoms with Gasteiger partial charge in [-0.3, -0.25) is 0 Å². The maximum atomic E-state index is 4.57. The van der Waals surface area contributed by atoms with Gasteiger partial charge in [-0.25, -0.2) is 0 Å². The fourth-order valence-electron chi connectivity index (χ4n) is 2.64. The summed E-state index contributed by atoms with van der Waals surface area (Å²) < 4.78 is 0. The van der Waals surface area contributed by atoms with E-state index in [1.807, 2.05) is 0 Å². The molecule has 0 aliphatic heterocycles. The zero-order chi connectivity index (χ0) is 17.3. The van der Waals surface area contributed by atoms with Crippen LogP contribution in [0.1, 0.15) is 66.1 Å². The molecule has 5 nitrogen and oxygen atoms in total. The number of hydrogen-bond donors (Lipinski definition) is 2. The van der Waals surface area contributed by atoms with E-state index in [0.29, 0.717) is 29.8 Å². The van der Waals surface area contributed by atoms with Crippen molar-refractivity contribution in [1.29, 1.82) is 0 Å². The number of rotatable bonds is 6. The second-order valence-corrected chi connectivity index (χ2v) is 8.35. The fraction of sp³-hybridized carbons (Fsp3) is 0.737. The minimum absolute atomic E-state index is 0.0730. The summed E-state index contributed by atoms with van der Waals surface area (Å²) in [5.74, 6) is 9.61. The van der Waals surface area contributed by atoms with Gasteiger partial charge >= 0.3 is 0 Å². The van der Waals surface area contributed by atoms with Crippen LogP contribution >= 0.6 is 0 Å². The van der Waals surface area contributed by atoms with Crippen LogP contribution in [0.5, 0.6) is 0 Å². The van der Waals surface area contributed by atoms with E-state index in [-0.39, 0.29) is 5.41 Å². The van der Waals surface area contributed by atoms with Gasteiger partial charge in [0.25, 0.3) is 0 Å². The molecular formula is C19H29N5. The predicted molar refractivity (Wildman–Crippen MR) is 97.8 cm³/mol. The first kappa shape index (κ1) is 17.0. The Balaban J connectivity index is 1.80. The second kappa shape index (κ2) is 6.58. The van der Waals surface area contributed by atoms with Gasteiger partial charge in [0.15, 0.2) is 0 Å². The van der Waals surface area contributed by atoms with Crippen molar-refractivity contribution < 1.29 is 0 Å². The average Bonchev–Trinajstić information content (AvgIpc) is 3.37. The van der Waals surface area contributed by atoms with Gasteiger partial charge in [0, 0.05) is 17.5 Å². The van der Waals surface area contributed by atoms with Crippen LogP contribution in [0, 0.1) is 29.1 Å². The molecule has 2 atom stereocenters. The normalized spacial score (nSPS) is 19.9. The van der Waals surface area contributed by atoms with E-state index in [4.69, 9.17) is 0 Å². The van der Waals surface area contributed by atoms with E-state index in [1.165, 1.54) is 25.7 Å². The lowest BCUT2D eigenvalue weighted by molar-refractivity contribution is 0.570. The minimum Gasteiger partial charge on any atom is -0.351 e. The third-order valence-corrected chi connectivity index (χ3v) is 4.56. The molecule has 1 aromatic heterocycles. The first-order chi connectivity index (χ1) is 11.3. The Morgan fingerprint density at radius 2 is 1.33 bits per heavy atom. The average molecular weight is 327 g/mol. The quantitative estimate of drug-likeness (QED) is 0.780. The van der Waals surface area contributed by atoms with Gasteiger partial charge < -0.3 is 10.6 Å². The van der Waals surface area contributed by atoms with E-state index >= 15 is 0 Å². The minimum atomic E-state index is -0.0730. The summed E-state index contributed by atoms with van der Waals surface area (Å²) in [5.41, 5.74) is -0.0730. The molecular weight excluding hydrogens is 298 g/mol. The van der Waals surface area contributed by atoms with Gasteiger partial charge in [0.2, 0.25) is 17.7 Å². The fourth-order valence-corrected chi connectivity index (χ4v) is 2.64. The Morgan fingerprint density at radius 1 is 0.875 bits per heavy atom. The van der Waals surface area contributed by atoms with Crippen LogP contribution in [0.25, 0.3) is 0 Å². The Hall–Kier alpha value is -1.83. The first-order valence-electron chi connectivity index (χ1n) is 9.12. The molecule has 0 amide bonds. The Labute approximate surface area is 145 Å². The van der Waals surface area contributed by atoms with Crippen LogP contribution in [0.3, 0.4) is 0 Å². The summed E-state index contributed by atoms with van der Waals surface area (Å²) in [5, 5.41) is 6.86. The molecule has 2 fully saturated rings. The van der Waals surface area contributed by atoms with Crippen LogP contribution in [-0.4, -0.2) is 27.0 Å². The van der Waals surface area contributed by atoms with E-state index in [9.17, 15) is 0 Å². The lowest BCUT2D eigenvalue weighted by Gasteiger charge is -2.16. The predicted octanol–water partition coefficient (Wildman–Crippen LogP) is 3.69. The highest BCUT2D eigenvalue weighted by molar-refractivity contribution is 5.40. The summed E-state index contributed by atoms with van der Waals surface area (Å²) in [4.78, 5) is 13.6. The molecule has 0 spiro atoms. The number of aromatic nitrogens is 3. The van der Waals surface area contributed by atoms with Crippen LogP contribution in [0.15, 0.2) is 0 Å². The largest absolute Gasteiger partial charge is 0.351 e. The standard InChI is InChI=1S/C19H29N5/c1-12(14-6-7-14)20-17-22-16(10-11-19(3,4)5)23-18(24-17)21-13(2)15-8-9-15/h12-15H,6-9H2,1-5H3,(H2,20,21,22,23,24)/t12-,13-/m1/s1. The monoisotopic (exact) mass is 327 g/mol. The van der Waals surface area contributed by atoms with Gasteiger partial charge in [-0.2, -0.15) is 15.0 Å². The number of hydrogen-bond acceptors (Lipinski definition) is 5. The molecule has 2 aliphatic rings. The van der Waals surface area contributed by atoms with E-state index < -0.39 is 0 Å². The van der Waals surface area contributed by atoms with Gasteiger partial charge in [-0.15, -0.1) is 0 Å². The van der Waals surface area contributed by atoms with Gasteiger partial charge in [0.05, 0.1) is 0 Å². The summed E-state index contributed by atoms with van der Waals surface area (Å²) in [7, 11) is 0. The van der Waals surface area contributed by atoms with Gasteiger partial charge in [-0.05, 0) is 78.1 Å². The smallest absolute Gasteiger partial charge is 0.228 e. The SMILES string of the molecule is C[C@@H](Nc1nc(C#CC(C)(C)C)nc(N[C@H](C)C2CC2)n1)C1CC1. The van der Waals surface area contributed by atoms with Gasteiger partial charge in [0.1, 0.15) is 0 Å². The highest BCUT2D eigenvalue weighted by Gasteiger charge is 2.30. The first-order valence-corrected chi connectivity index (χ1v) is 9.12. The molecule has 130 valence electrons. The topological polar surface area (TPSA) is 62.7 Å². The molecule has 3 rings (SSSR count). The highest BCUT2D eigenvalue weighted by Crippen LogP contribution is 2.34. The van der Waals surface area contributed by atoms with Crippen molar-refractivity contribution >= 4 is 11.9 Å². The molecule has 24 heavy (non-hydrogen) atoms. The van der Waals surface area contributed by atoms with Crippen LogP contribution in [0.2, 0.25) is 0 Å². The molecule has 0 bridgehead atoms. The maximum absolute atomic E-state index is 4.57. The van der Waals surface area contributed by atoms with E-state index in [1.54, 1.807) is 0 Å². The van der Waals surface area contributed by atoms with E-state index in [0.717, 1.165) is 11.8 Å². The molecule has 1 heterocycles. The van der Waals surface area contributed by atoms with Crippen molar-refractivity contribution in [2.45, 2.75) is 72.4 Å². The van der Waals surface area contributed by atoms with Crippen LogP contribution in [-0.2, 0) is 0 Å². The number of nitrogens with zero attached hydrogens (tertiary/aromatic N) is 3. The molecule has 2 aliphatic carbocycles. The lowest BCUT2D eigenvalue weighted by atomic mass is 9.98. The van der Waals surface area contributed by atoms with Crippen molar-refractivity contribution in [1.82, 2.24) is 15.0 Å². The third-order valence-electron chi connectivity index (χ3n) is 4.56. The molecule has 2 saturated carbocycles. The maximum Gasteiger partial charge on any atom is 0.228 e. The lowest BCUT2D eigenvalue weighted by Crippen LogP contribution is -2.23. The Morgan fingerprint density at radius 3 is 1.71 bits per heavy atom. The Bertz CT molecular complexity index is 606. The van der Waals surface area contributed by atoms with Crippen LogP contribution < -0.4 is 10.6 Å². The zero-order valence-electron chi connectivity index (χ0n) is 15.5. The molecule has 5 heteroatoms. The summed E-state index contributed by atoms with van der Waals surface area (Å²) in [6.07, 6.45) is 5.17. The van der Waals surface area contributed by atoms with Crippen molar-refractivity contribution in [2.24, 2.45) is 17.3 Å². The Kier molecular flexibility index (Phi) is 4.67. The second-order valence-electron chi connectivity index (χ2n) is 8.35. The molecule has 0 unspecified atom stereocenters. The van der Waals surface area contributed by atoms with Crippen LogP contribution in [0.4, 0.5) is 11.9 Å². The summed E-state index contributed by atoms with van der Waals surface area (Å²) >= 11 is 0. The number of anilines is 2. The third kappa shape index (κ3) is 5.09. The zero-order valence-corrected chi connectivity index (χ0v) is 15.5. The van der Waals surface area contributed by atoms with E-state index in [2.05, 4.69) is 72.0 Å². The molecule has 0 radical (unpaired) electrons. The summed E-state index contributed by atoms with van der Waals surface area (Å²) in [6.45, 7) is 10.7. The van der Waals surface area contributed by atoms with Crippen molar-refractivity contribution in [3.63, 3.8) is 0 Å². The molecule has 0 saturated heterocycles. The van der Waals surface area contributed by atoms with Gasteiger partial charge in [-0.1, -0.05) is 5.92 Å². The summed E-state index contributed by atoms with van der Waals surface area (Å²) in [6, 6.07) is 0.786. The highest BCUT2D eigenvalue weighted by atomic mass is 15.2. The van der Waals surface area contributed by atoms with Crippen molar-refractivity contribution in [3.05, 3.63) is 5.82 Å². The molecule has 0 aromatic carbocycles. The number of nitrogens with one attached hydrogen (secondary N) is 2. The molecule has 2 N–H and O–H groups in total.